The van der Waals surface area contributed by atoms with Gasteiger partial charge in [0.2, 0.25) is 0 Å². The number of ether oxygens (including phenoxy) is 1. The van der Waals surface area contributed by atoms with Crippen LogP contribution in [0, 0.1) is 11.3 Å². The van der Waals surface area contributed by atoms with E-state index in [1.165, 1.54) is 12.8 Å². The molecule has 1 aliphatic carbocycles. The molecule has 106 valence electrons. The molecule has 1 saturated heterocycles. The Balaban J connectivity index is 1.80. The number of rotatable bonds is 6. The van der Waals surface area contributed by atoms with Crippen LogP contribution in [0.5, 0.6) is 0 Å². The quantitative estimate of drug-likeness (QED) is 0.754. The number of halogens is 1. The maximum Gasteiger partial charge on any atom is 0.138 e. The Bertz CT molecular complexity index is 432. The van der Waals surface area contributed by atoms with Crippen molar-refractivity contribution >= 4 is 15.9 Å². The fraction of sp³-hybridized carbons (Fsp3) is 0.857. The number of alkyl halides is 1. The second kappa shape index (κ2) is 5.52. The molecule has 0 N–H and O–H groups in total. The first-order chi connectivity index (χ1) is 9.29. The molecule has 1 aliphatic heterocycles. The molecule has 2 atom stereocenters. The summed E-state index contributed by atoms with van der Waals surface area (Å²) in [5, 5.41) is 5.35. The van der Waals surface area contributed by atoms with Crippen molar-refractivity contribution in [2.75, 3.05) is 11.9 Å². The van der Waals surface area contributed by atoms with Crippen LogP contribution < -0.4 is 0 Å². The molecule has 1 saturated carbocycles. The van der Waals surface area contributed by atoms with Gasteiger partial charge in [-0.1, -0.05) is 22.9 Å². The Labute approximate surface area is 123 Å². The minimum atomic E-state index is 0.222. The van der Waals surface area contributed by atoms with E-state index in [4.69, 9.17) is 4.74 Å². The lowest BCUT2D eigenvalue weighted by Crippen LogP contribution is -2.37. The molecular formula is C14H22BrN3O. The number of aryl methyl sites for hydroxylation is 1. The molecule has 5 heteroatoms. The van der Waals surface area contributed by atoms with Gasteiger partial charge < -0.3 is 4.74 Å². The van der Waals surface area contributed by atoms with Crippen LogP contribution in [0.15, 0.2) is 6.33 Å². The van der Waals surface area contributed by atoms with E-state index in [1.54, 1.807) is 6.33 Å². The summed E-state index contributed by atoms with van der Waals surface area (Å²) in [6.45, 7) is 4.04. The molecule has 2 aliphatic rings. The Morgan fingerprint density at radius 3 is 3.05 bits per heavy atom. The SMILES string of the molecule is CCCn1ncnc1CC1(CBr)CCOC1C1CC1. The molecule has 0 radical (unpaired) electrons. The standard InChI is InChI=1S/C14H22BrN3O/c1-2-6-18-12(16-10-17-18)8-14(9-15)5-7-19-13(14)11-3-4-11/h10-11,13H,2-9H2,1H3. The van der Waals surface area contributed by atoms with Crippen molar-refractivity contribution in [3.05, 3.63) is 12.2 Å². The first-order valence-corrected chi connectivity index (χ1v) is 8.45. The van der Waals surface area contributed by atoms with Crippen molar-refractivity contribution in [2.24, 2.45) is 11.3 Å². The first-order valence-electron chi connectivity index (χ1n) is 7.33. The predicted molar refractivity (Wildman–Crippen MR) is 77.3 cm³/mol. The highest BCUT2D eigenvalue weighted by atomic mass is 79.9. The summed E-state index contributed by atoms with van der Waals surface area (Å²) < 4.78 is 8.11. The average molecular weight is 328 g/mol. The minimum absolute atomic E-state index is 0.222. The highest BCUT2D eigenvalue weighted by molar-refractivity contribution is 9.09. The van der Waals surface area contributed by atoms with Gasteiger partial charge >= 0.3 is 0 Å². The van der Waals surface area contributed by atoms with Gasteiger partial charge in [0.1, 0.15) is 12.2 Å². The van der Waals surface area contributed by atoms with E-state index in [0.717, 1.165) is 49.5 Å². The van der Waals surface area contributed by atoms with Gasteiger partial charge in [0.15, 0.2) is 0 Å². The Morgan fingerprint density at radius 1 is 1.53 bits per heavy atom. The molecule has 2 heterocycles. The van der Waals surface area contributed by atoms with Crippen LogP contribution in [0.1, 0.15) is 38.4 Å². The maximum atomic E-state index is 6.04. The predicted octanol–water partition coefficient (Wildman–Crippen LogP) is 2.81. The lowest BCUT2D eigenvalue weighted by atomic mass is 9.77. The number of aromatic nitrogens is 3. The third-order valence-corrected chi connectivity index (χ3v) is 5.58. The summed E-state index contributed by atoms with van der Waals surface area (Å²) in [5.41, 5.74) is 0.222. The average Bonchev–Trinajstić information content (AvgIpc) is 3.04. The zero-order valence-corrected chi connectivity index (χ0v) is 13.1. The minimum Gasteiger partial charge on any atom is -0.377 e. The van der Waals surface area contributed by atoms with Crippen LogP contribution in [-0.2, 0) is 17.7 Å². The fourth-order valence-electron chi connectivity index (χ4n) is 3.26. The van der Waals surface area contributed by atoms with Crippen LogP contribution in [-0.4, -0.2) is 32.8 Å². The molecule has 0 amide bonds. The molecule has 2 unspecified atom stereocenters. The molecule has 3 rings (SSSR count). The zero-order valence-electron chi connectivity index (χ0n) is 11.5. The van der Waals surface area contributed by atoms with E-state index in [1.807, 2.05) is 0 Å². The number of nitrogens with zero attached hydrogens (tertiary/aromatic N) is 3. The third kappa shape index (κ3) is 2.59. The van der Waals surface area contributed by atoms with Crippen molar-refractivity contribution in [1.82, 2.24) is 14.8 Å². The van der Waals surface area contributed by atoms with Crippen molar-refractivity contribution in [3.63, 3.8) is 0 Å². The van der Waals surface area contributed by atoms with Crippen molar-refractivity contribution in [2.45, 2.75) is 51.7 Å². The second-order valence-electron chi connectivity index (χ2n) is 5.95. The summed E-state index contributed by atoms with van der Waals surface area (Å²) in [7, 11) is 0. The largest absolute Gasteiger partial charge is 0.377 e. The first kappa shape index (κ1) is 13.6. The molecule has 1 aromatic heterocycles. The summed E-state index contributed by atoms with van der Waals surface area (Å²) in [6, 6.07) is 0. The van der Waals surface area contributed by atoms with E-state index in [2.05, 4.69) is 37.6 Å². The number of hydrogen-bond acceptors (Lipinski definition) is 3. The Hall–Kier alpha value is -0.420. The molecule has 2 fully saturated rings. The van der Waals surface area contributed by atoms with Crippen LogP contribution in [0.3, 0.4) is 0 Å². The summed E-state index contributed by atoms with van der Waals surface area (Å²) in [6.07, 6.45) is 7.99. The molecule has 0 aromatic carbocycles. The monoisotopic (exact) mass is 327 g/mol. The van der Waals surface area contributed by atoms with E-state index in [0.29, 0.717) is 6.10 Å². The maximum absolute atomic E-state index is 6.04. The van der Waals surface area contributed by atoms with Crippen LogP contribution in [0.25, 0.3) is 0 Å². The molecule has 4 nitrogen and oxygen atoms in total. The number of hydrogen-bond donors (Lipinski definition) is 0. The van der Waals surface area contributed by atoms with Gasteiger partial charge in [-0.25, -0.2) is 4.98 Å². The van der Waals surface area contributed by atoms with Crippen molar-refractivity contribution in [3.8, 4) is 0 Å². The van der Waals surface area contributed by atoms with Gasteiger partial charge in [0, 0.05) is 30.3 Å². The van der Waals surface area contributed by atoms with Crippen molar-refractivity contribution in [1.29, 1.82) is 0 Å². The van der Waals surface area contributed by atoms with Crippen LogP contribution in [0.4, 0.5) is 0 Å². The summed E-state index contributed by atoms with van der Waals surface area (Å²) >= 11 is 3.74. The fourth-order valence-corrected chi connectivity index (χ4v) is 4.06. The molecule has 0 bridgehead atoms. The van der Waals surface area contributed by atoms with Gasteiger partial charge in [-0.15, -0.1) is 0 Å². The topological polar surface area (TPSA) is 39.9 Å². The lowest BCUT2D eigenvalue weighted by Gasteiger charge is -2.32. The van der Waals surface area contributed by atoms with Gasteiger partial charge in [0.05, 0.1) is 6.10 Å². The van der Waals surface area contributed by atoms with E-state index in [9.17, 15) is 0 Å². The molecule has 0 spiro atoms. The van der Waals surface area contributed by atoms with E-state index >= 15 is 0 Å². The zero-order chi connectivity index (χ0) is 13.3. The second-order valence-corrected chi connectivity index (χ2v) is 6.51. The van der Waals surface area contributed by atoms with Crippen LogP contribution in [0.2, 0.25) is 0 Å². The highest BCUT2D eigenvalue weighted by Crippen LogP contribution is 2.50. The van der Waals surface area contributed by atoms with Crippen molar-refractivity contribution < 1.29 is 4.74 Å². The smallest absolute Gasteiger partial charge is 0.138 e. The highest BCUT2D eigenvalue weighted by Gasteiger charge is 2.50. The summed E-state index contributed by atoms with van der Waals surface area (Å²) in [5.74, 6) is 1.90. The third-order valence-electron chi connectivity index (χ3n) is 4.46. The van der Waals surface area contributed by atoms with Gasteiger partial charge in [-0.2, -0.15) is 5.10 Å². The molecule has 1 aromatic rings. The Kier molecular flexibility index (Phi) is 3.94. The van der Waals surface area contributed by atoms with E-state index < -0.39 is 0 Å². The normalized spacial score (nSPS) is 30.9. The lowest BCUT2D eigenvalue weighted by molar-refractivity contribution is 0.0401. The molecular weight excluding hydrogens is 306 g/mol. The summed E-state index contributed by atoms with van der Waals surface area (Å²) in [4.78, 5) is 4.48. The van der Waals surface area contributed by atoms with Gasteiger partial charge in [0.25, 0.3) is 0 Å². The van der Waals surface area contributed by atoms with Gasteiger partial charge in [-0.3, -0.25) is 4.68 Å². The van der Waals surface area contributed by atoms with Crippen LogP contribution >= 0.6 is 15.9 Å². The van der Waals surface area contributed by atoms with E-state index in [-0.39, 0.29) is 5.41 Å². The van der Waals surface area contributed by atoms with Gasteiger partial charge in [-0.05, 0) is 31.6 Å². The Morgan fingerprint density at radius 2 is 2.37 bits per heavy atom. The molecule has 19 heavy (non-hydrogen) atoms.